The van der Waals surface area contributed by atoms with Crippen LogP contribution in [0.25, 0.3) is 0 Å². The molecular weight excluding hydrogens is 208 g/mol. The molecule has 1 saturated heterocycles. The standard InChI is InChI=1S/C16H32O/c1-3-5-7-9-15(10-8-6-4-2)13-16-11-12-17-14-16/h15-16H,3-14H2,1-2H3. The van der Waals surface area contributed by atoms with Gasteiger partial charge in [0.15, 0.2) is 0 Å². The first-order valence-corrected chi connectivity index (χ1v) is 7.94. The lowest BCUT2D eigenvalue weighted by Crippen LogP contribution is -2.09. The minimum Gasteiger partial charge on any atom is -0.381 e. The Hall–Kier alpha value is -0.0400. The minimum absolute atomic E-state index is 0.878. The van der Waals surface area contributed by atoms with Gasteiger partial charge >= 0.3 is 0 Å². The molecule has 0 amide bonds. The summed E-state index contributed by atoms with van der Waals surface area (Å²) in [6.07, 6.45) is 14.1. The van der Waals surface area contributed by atoms with Gasteiger partial charge in [-0.05, 0) is 24.7 Å². The van der Waals surface area contributed by atoms with Crippen molar-refractivity contribution in [2.75, 3.05) is 13.2 Å². The molecule has 0 aromatic heterocycles. The van der Waals surface area contributed by atoms with Crippen LogP contribution in [0.3, 0.4) is 0 Å². The summed E-state index contributed by atoms with van der Waals surface area (Å²) in [5.41, 5.74) is 0. The number of hydrogen-bond acceptors (Lipinski definition) is 1. The molecular formula is C16H32O. The zero-order chi connectivity index (χ0) is 12.3. The molecule has 1 unspecified atom stereocenters. The summed E-state index contributed by atoms with van der Waals surface area (Å²) in [6.45, 7) is 6.66. The summed E-state index contributed by atoms with van der Waals surface area (Å²) >= 11 is 0. The highest BCUT2D eigenvalue weighted by Gasteiger charge is 2.20. The maximum Gasteiger partial charge on any atom is 0.0495 e. The monoisotopic (exact) mass is 240 g/mol. The largest absolute Gasteiger partial charge is 0.381 e. The van der Waals surface area contributed by atoms with Crippen molar-refractivity contribution in [3.63, 3.8) is 0 Å². The van der Waals surface area contributed by atoms with E-state index in [4.69, 9.17) is 4.74 Å². The molecule has 0 aromatic rings. The quantitative estimate of drug-likeness (QED) is 0.477. The van der Waals surface area contributed by atoms with Crippen molar-refractivity contribution in [2.24, 2.45) is 11.8 Å². The van der Waals surface area contributed by atoms with Gasteiger partial charge in [0.2, 0.25) is 0 Å². The topological polar surface area (TPSA) is 9.23 Å². The Balaban J connectivity index is 2.18. The molecule has 0 saturated carbocycles. The zero-order valence-corrected chi connectivity index (χ0v) is 12.0. The lowest BCUT2D eigenvalue weighted by atomic mass is 9.86. The highest BCUT2D eigenvalue weighted by molar-refractivity contribution is 4.70. The Kier molecular flexibility index (Phi) is 8.78. The first-order chi connectivity index (χ1) is 8.36. The lowest BCUT2D eigenvalue weighted by Gasteiger charge is -2.19. The van der Waals surface area contributed by atoms with E-state index in [0.29, 0.717) is 0 Å². The average Bonchev–Trinajstić information content (AvgIpc) is 2.82. The van der Waals surface area contributed by atoms with Crippen molar-refractivity contribution >= 4 is 0 Å². The van der Waals surface area contributed by atoms with Crippen LogP contribution in [0.4, 0.5) is 0 Å². The van der Waals surface area contributed by atoms with Crippen molar-refractivity contribution in [2.45, 2.75) is 78.1 Å². The van der Waals surface area contributed by atoms with E-state index in [9.17, 15) is 0 Å². The summed E-state index contributed by atoms with van der Waals surface area (Å²) in [5.74, 6) is 1.86. The second kappa shape index (κ2) is 9.94. The second-order valence-corrected chi connectivity index (χ2v) is 5.82. The van der Waals surface area contributed by atoms with E-state index in [1.54, 1.807) is 0 Å². The summed E-state index contributed by atoms with van der Waals surface area (Å²) < 4.78 is 5.51. The molecule has 1 atom stereocenters. The van der Waals surface area contributed by atoms with Crippen LogP contribution < -0.4 is 0 Å². The Morgan fingerprint density at radius 1 is 1.00 bits per heavy atom. The summed E-state index contributed by atoms with van der Waals surface area (Å²) in [4.78, 5) is 0. The normalized spacial score (nSPS) is 20.3. The van der Waals surface area contributed by atoms with Gasteiger partial charge in [-0.15, -0.1) is 0 Å². The van der Waals surface area contributed by atoms with Gasteiger partial charge in [0.05, 0.1) is 0 Å². The van der Waals surface area contributed by atoms with Crippen LogP contribution in [-0.4, -0.2) is 13.2 Å². The molecule has 1 rings (SSSR count). The van der Waals surface area contributed by atoms with Gasteiger partial charge in [-0.1, -0.05) is 65.2 Å². The van der Waals surface area contributed by atoms with E-state index in [1.807, 2.05) is 0 Å². The predicted octanol–water partition coefficient (Wildman–Crippen LogP) is 5.19. The Bertz CT molecular complexity index is 151. The Morgan fingerprint density at radius 2 is 1.65 bits per heavy atom. The number of hydrogen-bond donors (Lipinski definition) is 0. The van der Waals surface area contributed by atoms with Gasteiger partial charge < -0.3 is 4.74 Å². The fourth-order valence-electron chi connectivity index (χ4n) is 2.99. The Morgan fingerprint density at radius 3 is 2.12 bits per heavy atom. The molecule has 0 aliphatic carbocycles. The van der Waals surface area contributed by atoms with Crippen LogP contribution >= 0.6 is 0 Å². The van der Waals surface area contributed by atoms with Crippen molar-refractivity contribution < 1.29 is 4.74 Å². The highest BCUT2D eigenvalue weighted by Crippen LogP contribution is 2.28. The van der Waals surface area contributed by atoms with E-state index in [0.717, 1.165) is 25.0 Å². The molecule has 0 bridgehead atoms. The van der Waals surface area contributed by atoms with Gasteiger partial charge in [-0.3, -0.25) is 0 Å². The predicted molar refractivity (Wildman–Crippen MR) is 75.3 cm³/mol. The molecule has 1 nitrogen and oxygen atoms in total. The smallest absolute Gasteiger partial charge is 0.0495 e. The maximum atomic E-state index is 5.51. The van der Waals surface area contributed by atoms with Crippen LogP contribution in [0.15, 0.2) is 0 Å². The van der Waals surface area contributed by atoms with Gasteiger partial charge in [0, 0.05) is 13.2 Å². The molecule has 1 aliphatic heterocycles. The van der Waals surface area contributed by atoms with Gasteiger partial charge in [-0.2, -0.15) is 0 Å². The van der Waals surface area contributed by atoms with Crippen LogP contribution in [-0.2, 0) is 4.74 Å². The highest BCUT2D eigenvalue weighted by atomic mass is 16.5. The van der Waals surface area contributed by atoms with Gasteiger partial charge in [-0.25, -0.2) is 0 Å². The minimum atomic E-state index is 0.878. The fraction of sp³-hybridized carbons (Fsp3) is 1.00. The third-order valence-corrected chi connectivity index (χ3v) is 4.12. The molecule has 0 N–H and O–H groups in total. The fourth-order valence-corrected chi connectivity index (χ4v) is 2.99. The number of rotatable bonds is 10. The summed E-state index contributed by atoms with van der Waals surface area (Å²) in [7, 11) is 0. The molecule has 0 radical (unpaired) electrons. The van der Waals surface area contributed by atoms with E-state index >= 15 is 0 Å². The summed E-state index contributed by atoms with van der Waals surface area (Å²) in [5, 5.41) is 0. The third-order valence-electron chi connectivity index (χ3n) is 4.12. The molecule has 102 valence electrons. The van der Waals surface area contributed by atoms with Crippen LogP contribution in [0.5, 0.6) is 0 Å². The molecule has 0 spiro atoms. The SMILES string of the molecule is CCCCCC(CCCCC)CC1CCOC1. The molecule has 17 heavy (non-hydrogen) atoms. The lowest BCUT2D eigenvalue weighted by molar-refractivity contribution is 0.177. The van der Waals surface area contributed by atoms with Gasteiger partial charge in [0.1, 0.15) is 0 Å². The summed E-state index contributed by atoms with van der Waals surface area (Å²) in [6, 6.07) is 0. The van der Waals surface area contributed by atoms with Crippen LogP contribution in [0, 0.1) is 11.8 Å². The van der Waals surface area contributed by atoms with Crippen LogP contribution in [0.1, 0.15) is 78.1 Å². The molecule has 1 heterocycles. The number of ether oxygens (including phenoxy) is 1. The van der Waals surface area contributed by atoms with Crippen molar-refractivity contribution in [3.05, 3.63) is 0 Å². The van der Waals surface area contributed by atoms with E-state index in [2.05, 4.69) is 13.8 Å². The first kappa shape index (κ1) is 15.0. The van der Waals surface area contributed by atoms with Crippen molar-refractivity contribution in [1.29, 1.82) is 0 Å². The van der Waals surface area contributed by atoms with E-state index < -0.39 is 0 Å². The average molecular weight is 240 g/mol. The van der Waals surface area contributed by atoms with Gasteiger partial charge in [0.25, 0.3) is 0 Å². The maximum absolute atomic E-state index is 5.51. The number of unbranched alkanes of at least 4 members (excludes halogenated alkanes) is 4. The van der Waals surface area contributed by atoms with Crippen molar-refractivity contribution in [3.8, 4) is 0 Å². The third kappa shape index (κ3) is 7.08. The first-order valence-electron chi connectivity index (χ1n) is 7.94. The molecule has 0 aromatic carbocycles. The molecule has 1 fully saturated rings. The van der Waals surface area contributed by atoms with E-state index in [-0.39, 0.29) is 0 Å². The Labute approximate surface area is 108 Å². The molecule has 1 aliphatic rings. The van der Waals surface area contributed by atoms with Crippen molar-refractivity contribution in [1.82, 2.24) is 0 Å². The van der Waals surface area contributed by atoms with E-state index in [1.165, 1.54) is 64.2 Å². The van der Waals surface area contributed by atoms with Crippen LogP contribution in [0.2, 0.25) is 0 Å². The second-order valence-electron chi connectivity index (χ2n) is 5.82. The zero-order valence-electron chi connectivity index (χ0n) is 12.0. The molecule has 1 heteroatoms.